The summed E-state index contributed by atoms with van der Waals surface area (Å²) >= 11 is 0. The van der Waals surface area contributed by atoms with Crippen molar-refractivity contribution in [3.05, 3.63) is 29.8 Å². The number of carbonyl (C=O) groups excluding carboxylic acids is 1. The Labute approximate surface area is 103 Å². The Hall–Kier alpha value is -1.55. The van der Waals surface area contributed by atoms with Gasteiger partial charge in [-0.3, -0.25) is 4.79 Å². The summed E-state index contributed by atoms with van der Waals surface area (Å²) in [7, 11) is 0. The molecule has 94 valence electrons. The molecular weight excluding hydrogens is 214 g/mol. The zero-order valence-corrected chi connectivity index (χ0v) is 10.5. The van der Waals surface area contributed by atoms with Crippen molar-refractivity contribution in [3.8, 4) is 0 Å². The second-order valence-electron chi connectivity index (χ2n) is 4.32. The van der Waals surface area contributed by atoms with Crippen LogP contribution in [0.1, 0.15) is 19.4 Å². The van der Waals surface area contributed by atoms with Gasteiger partial charge in [0.15, 0.2) is 0 Å². The van der Waals surface area contributed by atoms with Gasteiger partial charge in [0.1, 0.15) is 0 Å². The Balaban J connectivity index is 2.17. The van der Waals surface area contributed by atoms with Gasteiger partial charge in [-0.2, -0.15) is 0 Å². The van der Waals surface area contributed by atoms with Crippen molar-refractivity contribution in [2.45, 2.75) is 20.4 Å². The van der Waals surface area contributed by atoms with Gasteiger partial charge in [0.25, 0.3) is 0 Å². The average Bonchev–Trinajstić information content (AvgIpc) is 2.30. The molecular formula is C13H21N3O. The number of anilines is 1. The molecule has 0 bridgehead atoms. The molecule has 0 aliphatic carbocycles. The fraction of sp³-hybridized carbons (Fsp3) is 0.462. The third-order valence-corrected chi connectivity index (χ3v) is 2.50. The lowest BCUT2D eigenvalue weighted by molar-refractivity contribution is -0.123. The zero-order valence-electron chi connectivity index (χ0n) is 10.5. The van der Waals surface area contributed by atoms with Crippen molar-refractivity contribution in [2.24, 2.45) is 5.92 Å². The van der Waals surface area contributed by atoms with E-state index in [2.05, 4.69) is 10.6 Å². The first-order valence-corrected chi connectivity index (χ1v) is 5.93. The molecule has 0 radical (unpaired) electrons. The van der Waals surface area contributed by atoms with E-state index < -0.39 is 0 Å². The van der Waals surface area contributed by atoms with Gasteiger partial charge in [0.05, 0.1) is 0 Å². The van der Waals surface area contributed by atoms with Crippen molar-refractivity contribution in [2.75, 3.05) is 18.8 Å². The number of benzene rings is 1. The van der Waals surface area contributed by atoms with Gasteiger partial charge in [0, 0.05) is 31.2 Å². The molecule has 0 atom stereocenters. The lowest BCUT2D eigenvalue weighted by Gasteiger charge is -2.09. The Bertz CT molecular complexity index is 363. The first-order valence-electron chi connectivity index (χ1n) is 5.93. The van der Waals surface area contributed by atoms with Gasteiger partial charge in [-0.1, -0.05) is 32.0 Å². The molecule has 0 aliphatic heterocycles. The molecule has 4 nitrogen and oxygen atoms in total. The average molecular weight is 235 g/mol. The Morgan fingerprint density at radius 2 is 2.00 bits per heavy atom. The lowest BCUT2D eigenvalue weighted by atomic mass is 10.2. The number of hydrogen-bond donors (Lipinski definition) is 3. The van der Waals surface area contributed by atoms with E-state index in [1.165, 1.54) is 0 Å². The topological polar surface area (TPSA) is 67.2 Å². The summed E-state index contributed by atoms with van der Waals surface area (Å²) < 4.78 is 0. The Morgan fingerprint density at radius 3 is 2.65 bits per heavy atom. The van der Waals surface area contributed by atoms with E-state index in [-0.39, 0.29) is 11.8 Å². The van der Waals surface area contributed by atoms with Gasteiger partial charge in [-0.25, -0.2) is 0 Å². The highest BCUT2D eigenvalue weighted by molar-refractivity contribution is 5.77. The van der Waals surface area contributed by atoms with Crippen LogP contribution in [0.15, 0.2) is 24.3 Å². The summed E-state index contributed by atoms with van der Waals surface area (Å²) in [5, 5.41) is 6.09. The van der Waals surface area contributed by atoms with Crippen LogP contribution in [0.3, 0.4) is 0 Å². The number of nitrogens with two attached hydrogens (primary N) is 1. The molecule has 4 heteroatoms. The summed E-state index contributed by atoms with van der Waals surface area (Å²) in [6, 6.07) is 7.77. The van der Waals surface area contributed by atoms with Crippen LogP contribution in [0, 0.1) is 5.92 Å². The van der Waals surface area contributed by atoms with Crippen molar-refractivity contribution in [3.63, 3.8) is 0 Å². The van der Waals surface area contributed by atoms with Crippen LogP contribution in [0.4, 0.5) is 5.69 Å². The predicted molar refractivity (Wildman–Crippen MR) is 70.4 cm³/mol. The quantitative estimate of drug-likeness (QED) is 0.511. The van der Waals surface area contributed by atoms with Crippen molar-refractivity contribution >= 4 is 11.6 Å². The molecule has 4 N–H and O–H groups in total. The largest absolute Gasteiger partial charge is 0.398 e. The molecule has 0 aromatic heterocycles. The fourth-order valence-electron chi connectivity index (χ4n) is 1.40. The van der Waals surface area contributed by atoms with E-state index in [1.54, 1.807) is 0 Å². The second kappa shape index (κ2) is 6.91. The minimum atomic E-state index is 0.0415. The number of hydrogen-bond acceptors (Lipinski definition) is 3. The summed E-state index contributed by atoms with van der Waals surface area (Å²) in [6.07, 6.45) is 0. The smallest absolute Gasteiger partial charge is 0.222 e. The van der Waals surface area contributed by atoms with Gasteiger partial charge in [0.2, 0.25) is 5.91 Å². The molecule has 0 saturated heterocycles. The SMILES string of the molecule is CC(C)C(=O)NCCNCc1ccccc1N. The summed E-state index contributed by atoms with van der Waals surface area (Å²) in [5.41, 5.74) is 7.70. The molecule has 0 fully saturated rings. The van der Waals surface area contributed by atoms with E-state index in [0.717, 1.165) is 24.3 Å². The summed E-state index contributed by atoms with van der Waals surface area (Å²) in [4.78, 5) is 11.3. The van der Waals surface area contributed by atoms with E-state index in [4.69, 9.17) is 5.73 Å². The molecule has 1 aromatic carbocycles. The molecule has 1 amide bonds. The van der Waals surface area contributed by atoms with Crippen molar-refractivity contribution < 1.29 is 4.79 Å². The maximum atomic E-state index is 11.3. The molecule has 0 saturated carbocycles. The first-order chi connectivity index (χ1) is 8.11. The lowest BCUT2D eigenvalue weighted by Crippen LogP contribution is -2.34. The molecule has 1 aromatic rings. The molecule has 0 heterocycles. The Kier molecular flexibility index (Phi) is 5.49. The Morgan fingerprint density at radius 1 is 1.29 bits per heavy atom. The van der Waals surface area contributed by atoms with Gasteiger partial charge >= 0.3 is 0 Å². The molecule has 0 spiro atoms. The summed E-state index contributed by atoms with van der Waals surface area (Å²) in [6.45, 7) is 5.88. The predicted octanol–water partition coefficient (Wildman–Crippen LogP) is 1.13. The highest BCUT2D eigenvalue weighted by Crippen LogP contribution is 2.09. The number of rotatable bonds is 6. The normalized spacial score (nSPS) is 10.5. The van der Waals surface area contributed by atoms with Crippen molar-refractivity contribution in [1.82, 2.24) is 10.6 Å². The van der Waals surface area contributed by atoms with E-state index in [1.807, 2.05) is 38.1 Å². The minimum Gasteiger partial charge on any atom is -0.398 e. The monoisotopic (exact) mass is 235 g/mol. The van der Waals surface area contributed by atoms with E-state index in [0.29, 0.717) is 6.54 Å². The van der Waals surface area contributed by atoms with Crippen LogP contribution >= 0.6 is 0 Å². The maximum Gasteiger partial charge on any atom is 0.222 e. The number of carbonyl (C=O) groups is 1. The van der Waals surface area contributed by atoms with Gasteiger partial charge < -0.3 is 16.4 Å². The number of nitrogen functional groups attached to an aromatic ring is 1. The maximum absolute atomic E-state index is 11.3. The van der Waals surface area contributed by atoms with Crippen LogP contribution in [0.5, 0.6) is 0 Å². The number of para-hydroxylation sites is 1. The summed E-state index contributed by atoms with van der Waals surface area (Å²) in [5.74, 6) is 0.130. The van der Waals surface area contributed by atoms with Gasteiger partial charge in [-0.05, 0) is 11.6 Å². The standard InChI is InChI=1S/C13H21N3O/c1-10(2)13(17)16-8-7-15-9-11-5-3-4-6-12(11)14/h3-6,10,15H,7-9,14H2,1-2H3,(H,16,17). The van der Waals surface area contributed by atoms with Crippen LogP contribution in [-0.2, 0) is 11.3 Å². The molecule has 1 rings (SSSR count). The third-order valence-electron chi connectivity index (χ3n) is 2.50. The minimum absolute atomic E-state index is 0.0415. The number of nitrogens with one attached hydrogen (secondary N) is 2. The van der Waals surface area contributed by atoms with E-state index in [9.17, 15) is 4.79 Å². The molecule has 0 aliphatic rings. The third kappa shape index (κ3) is 4.87. The van der Waals surface area contributed by atoms with Gasteiger partial charge in [-0.15, -0.1) is 0 Å². The molecule has 0 unspecified atom stereocenters. The zero-order chi connectivity index (χ0) is 12.7. The van der Waals surface area contributed by atoms with Crippen LogP contribution in [-0.4, -0.2) is 19.0 Å². The highest BCUT2D eigenvalue weighted by atomic mass is 16.1. The number of amides is 1. The fourth-order valence-corrected chi connectivity index (χ4v) is 1.40. The highest BCUT2D eigenvalue weighted by Gasteiger charge is 2.04. The van der Waals surface area contributed by atoms with Crippen LogP contribution < -0.4 is 16.4 Å². The van der Waals surface area contributed by atoms with Crippen LogP contribution in [0.25, 0.3) is 0 Å². The van der Waals surface area contributed by atoms with E-state index >= 15 is 0 Å². The second-order valence-corrected chi connectivity index (χ2v) is 4.32. The molecule has 17 heavy (non-hydrogen) atoms. The van der Waals surface area contributed by atoms with Crippen LogP contribution in [0.2, 0.25) is 0 Å². The van der Waals surface area contributed by atoms with Crippen molar-refractivity contribution in [1.29, 1.82) is 0 Å². The first kappa shape index (κ1) is 13.5.